The fraction of sp³-hybridized carbons (Fsp3) is 0.625. The highest BCUT2D eigenvalue weighted by molar-refractivity contribution is 9.10. The number of benzene rings is 1. The number of anilines is 1. The maximum Gasteiger partial charge on any atom is 0.0510 e. The molecule has 106 valence electrons. The average Bonchev–Trinajstić information content (AvgIpc) is 2.64. The SMILES string of the molecule is CCC1CCCN(c2ccc(CCN)cc2Br)CC1. The van der Waals surface area contributed by atoms with Crippen molar-refractivity contribution in [3.05, 3.63) is 28.2 Å². The molecule has 19 heavy (non-hydrogen) atoms. The largest absolute Gasteiger partial charge is 0.371 e. The molecule has 0 spiro atoms. The zero-order valence-electron chi connectivity index (χ0n) is 11.9. The van der Waals surface area contributed by atoms with Gasteiger partial charge in [0.1, 0.15) is 0 Å². The Bertz CT molecular complexity index is 406. The normalized spacial score (nSPS) is 20.4. The lowest BCUT2D eigenvalue weighted by Gasteiger charge is -2.24. The van der Waals surface area contributed by atoms with Crippen LogP contribution in [0, 0.1) is 5.92 Å². The molecule has 1 unspecified atom stereocenters. The number of nitrogens with zero attached hydrogens (tertiary/aromatic N) is 1. The summed E-state index contributed by atoms with van der Waals surface area (Å²) in [5, 5.41) is 0. The van der Waals surface area contributed by atoms with Crippen molar-refractivity contribution in [1.29, 1.82) is 0 Å². The van der Waals surface area contributed by atoms with Crippen LogP contribution in [0.25, 0.3) is 0 Å². The maximum atomic E-state index is 5.62. The van der Waals surface area contributed by atoms with Crippen LogP contribution in [0.3, 0.4) is 0 Å². The lowest BCUT2D eigenvalue weighted by molar-refractivity contribution is 0.459. The summed E-state index contributed by atoms with van der Waals surface area (Å²) in [6.45, 7) is 5.41. The van der Waals surface area contributed by atoms with Crippen LogP contribution in [0.4, 0.5) is 5.69 Å². The Labute approximate surface area is 125 Å². The van der Waals surface area contributed by atoms with Gasteiger partial charge in [-0.2, -0.15) is 0 Å². The van der Waals surface area contributed by atoms with Crippen molar-refractivity contribution >= 4 is 21.6 Å². The Kier molecular flexibility index (Phi) is 5.71. The van der Waals surface area contributed by atoms with E-state index in [1.54, 1.807) is 0 Å². The van der Waals surface area contributed by atoms with Crippen LogP contribution < -0.4 is 10.6 Å². The molecule has 0 aromatic heterocycles. The average molecular weight is 325 g/mol. The van der Waals surface area contributed by atoms with Crippen molar-refractivity contribution in [3.8, 4) is 0 Å². The van der Waals surface area contributed by atoms with Gasteiger partial charge in [0.15, 0.2) is 0 Å². The van der Waals surface area contributed by atoms with E-state index in [1.807, 2.05) is 0 Å². The summed E-state index contributed by atoms with van der Waals surface area (Å²) in [6.07, 6.45) is 6.31. The number of nitrogens with two attached hydrogens (primary N) is 1. The third-order valence-corrected chi connectivity index (χ3v) is 4.85. The molecule has 1 aromatic rings. The van der Waals surface area contributed by atoms with E-state index in [9.17, 15) is 0 Å². The summed E-state index contributed by atoms with van der Waals surface area (Å²) in [7, 11) is 0. The van der Waals surface area contributed by atoms with E-state index in [4.69, 9.17) is 5.73 Å². The van der Waals surface area contributed by atoms with Gasteiger partial charge in [-0.05, 0) is 71.8 Å². The molecule has 0 saturated carbocycles. The first-order chi connectivity index (χ1) is 9.24. The molecule has 0 aliphatic carbocycles. The fourth-order valence-corrected chi connectivity index (χ4v) is 3.62. The van der Waals surface area contributed by atoms with Gasteiger partial charge in [-0.3, -0.25) is 0 Å². The smallest absolute Gasteiger partial charge is 0.0510 e. The van der Waals surface area contributed by atoms with E-state index in [0.717, 1.165) is 12.3 Å². The van der Waals surface area contributed by atoms with E-state index in [0.29, 0.717) is 6.54 Å². The minimum atomic E-state index is 0.716. The monoisotopic (exact) mass is 324 g/mol. The van der Waals surface area contributed by atoms with Crippen LogP contribution in [0.2, 0.25) is 0 Å². The van der Waals surface area contributed by atoms with Gasteiger partial charge in [0, 0.05) is 17.6 Å². The highest BCUT2D eigenvalue weighted by Gasteiger charge is 2.17. The summed E-state index contributed by atoms with van der Waals surface area (Å²) in [6, 6.07) is 6.70. The van der Waals surface area contributed by atoms with E-state index in [-0.39, 0.29) is 0 Å². The van der Waals surface area contributed by atoms with Crippen LogP contribution in [0.5, 0.6) is 0 Å². The first kappa shape index (κ1) is 14.9. The lowest BCUT2D eigenvalue weighted by atomic mass is 9.98. The molecule has 1 fully saturated rings. The molecule has 2 N–H and O–H groups in total. The summed E-state index contributed by atoms with van der Waals surface area (Å²) in [4.78, 5) is 2.53. The summed E-state index contributed by atoms with van der Waals surface area (Å²) in [5.41, 5.74) is 8.28. The highest BCUT2D eigenvalue weighted by Crippen LogP contribution is 2.31. The van der Waals surface area contributed by atoms with Gasteiger partial charge in [0.25, 0.3) is 0 Å². The van der Waals surface area contributed by atoms with Gasteiger partial charge in [-0.25, -0.2) is 0 Å². The van der Waals surface area contributed by atoms with Crippen LogP contribution in [-0.2, 0) is 6.42 Å². The van der Waals surface area contributed by atoms with Crippen molar-refractivity contribution in [2.45, 2.75) is 39.0 Å². The zero-order valence-corrected chi connectivity index (χ0v) is 13.5. The van der Waals surface area contributed by atoms with Crippen LogP contribution in [-0.4, -0.2) is 19.6 Å². The first-order valence-corrected chi connectivity index (χ1v) is 8.27. The van der Waals surface area contributed by atoms with Gasteiger partial charge in [0.05, 0.1) is 5.69 Å². The topological polar surface area (TPSA) is 29.3 Å². The van der Waals surface area contributed by atoms with Crippen LogP contribution in [0.15, 0.2) is 22.7 Å². The Hall–Kier alpha value is -0.540. The van der Waals surface area contributed by atoms with Gasteiger partial charge < -0.3 is 10.6 Å². The minimum absolute atomic E-state index is 0.716. The summed E-state index contributed by atoms with van der Waals surface area (Å²) >= 11 is 3.73. The number of rotatable bonds is 4. The zero-order chi connectivity index (χ0) is 13.7. The second kappa shape index (κ2) is 7.30. The lowest BCUT2D eigenvalue weighted by Crippen LogP contribution is -2.24. The molecule has 3 heteroatoms. The molecule has 0 bridgehead atoms. The van der Waals surface area contributed by atoms with Gasteiger partial charge in [-0.1, -0.05) is 19.4 Å². The van der Waals surface area contributed by atoms with Crippen LogP contribution >= 0.6 is 15.9 Å². The van der Waals surface area contributed by atoms with Gasteiger partial charge in [0.2, 0.25) is 0 Å². The second-order valence-electron chi connectivity index (χ2n) is 5.52. The molecule has 0 radical (unpaired) electrons. The molecular weight excluding hydrogens is 300 g/mol. The summed E-state index contributed by atoms with van der Waals surface area (Å²) in [5.74, 6) is 0.917. The molecular formula is C16H25BrN2. The van der Waals surface area contributed by atoms with E-state index >= 15 is 0 Å². The van der Waals surface area contributed by atoms with Crippen LogP contribution in [0.1, 0.15) is 38.2 Å². The predicted octanol–water partition coefficient (Wildman–Crippen LogP) is 3.97. The van der Waals surface area contributed by atoms with Crippen molar-refractivity contribution in [3.63, 3.8) is 0 Å². The predicted molar refractivity (Wildman–Crippen MR) is 86.7 cm³/mol. The molecule has 2 rings (SSSR count). The van der Waals surface area contributed by atoms with Crippen molar-refractivity contribution in [2.75, 3.05) is 24.5 Å². The first-order valence-electron chi connectivity index (χ1n) is 7.48. The minimum Gasteiger partial charge on any atom is -0.371 e. The highest BCUT2D eigenvalue weighted by atomic mass is 79.9. The molecule has 1 aliphatic rings. The van der Waals surface area contributed by atoms with E-state index in [2.05, 4.69) is 46.0 Å². The second-order valence-corrected chi connectivity index (χ2v) is 6.37. The Balaban J connectivity index is 2.08. The molecule has 1 aromatic carbocycles. The number of halogens is 1. The Morgan fingerprint density at radius 1 is 1.32 bits per heavy atom. The quantitative estimate of drug-likeness (QED) is 0.908. The van der Waals surface area contributed by atoms with E-state index < -0.39 is 0 Å². The van der Waals surface area contributed by atoms with E-state index in [1.165, 1.54) is 54.5 Å². The molecule has 1 aliphatic heterocycles. The van der Waals surface area contributed by atoms with Gasteiger partial charge in [-0.15, -0.1) is 0 Å². The number of hydrogen-bond acceptors (Lipinski definition) is 2. The maximum absolute atomic E-state index is 5.62. The van der Waals surface area contributed by atoms with Crippen molar-refractivity contribution in [1.82, 2.24) is 0 Å². The fourth-order valence-electron chi connectivity index (χ4n) is 2.94. The third-order valence-electron chi connectivity index (χ3n) is 4.21. The molecule has 1 atom stereocenters. The third kappa shape index (κ3) is 3.96. The molecule has 2 nitrogen and oxygen atoms in total. The van der Waals surface area contributed by atoms with Gasteiger partial charge >= 0.3 is 0 Å². The molecule has 0 amide bonds. The molecule has 1 saturated heterocycles. The number of hydrogen-bond donors (Lipinski definition) is 1. The summed E-state index contributed by atoms with van der Waals surface area (Å²) < 4.78 is 1.22. The van der Waals surface area contributed by atoms with Crippen molar-refractivity contribution < 1.29 is 0 Å². The Morgan fingerprint density at radius 3 is 2.84 bits per heavy atom. The Morgan fingerprint density at radius 2 is 2.16 bits per heavy atom. The van der Waals surface area contributed by atoms with Crippen molar-refractivity contribution in [2.24, 2.45) is 11.7 Å². The molecule has 1 heterocycles. The standard InChI is InChI=1S/C16H25BrN2/c1-2-13-4-3-10-19(11-8-13)16-6-5-14(7-9-18)12-15(16)17/h5-6,12-13H,2-4,7-11,18H2,1H3.